The molecule has 0 bridgehead atoms. The smallest absolute Gasteiger partial charge is 0.193 e. The first-order chi connectivity index (χ1) is 11.3. The lowest BCUT2D eigenvalue weighted by Crippen LogP contribution is -2.40. The molecule has 23 heavy (non-hydrogen) atoms. The minimum Gasteiger partial charge on any atom is -0.384 e. The number of nitrogens with one attached hydrogen (secondary N) is 1. The van der Waals surface area contributed by atoms with Gasteiger partial charge in [-0.05, 0) is 31.7 Å². The van der Waals surface area contributed by atoms with E-state index in [-0.39, 0.29) is 5.41 Å². The number of hydrogen-bond acceptors (Lipinski definition) is 2. The van der Waals surface area contributed by atoms with Gasteiger partial charge in [-0.1, -0.05) is 30.3 Å². The average Bonchev–Trinajstić information content (AvgIpc) is 3.24. The van der Waals surface area contributed by atoms with E-state index in [1.165, 1.54) is 24.8 Å². The van der Waals surface area contributed by atoms with Gasteiger partial charge in [-0.2, -0.15) is 0 Å². The highest BCUT2D eigenvalue weighted by Gasteiger charge is 2.44. The lowest BCUT2D eigenvalue weighted by Gasteiger charge is -2.23. The quantitative estimate of drug-likeness (QED) is 0.648. The summed E-state index contributed by atoms with van der Waals surface area (Å²) in [7, 11) is 1.79. The Bertz CT molecular complexity index is 525. The van der Waals surface area contributed by atoms with E-state index in [9.17, 15) is 0 Å². The zero-order valence-corrected chi connectivity index (χ0v) is 14.4. The molecule has 1 unspecified atom stereocenters. The van der Waals surface area contributed by atoms with Gasteiger partial charge in [0, 0.05) is 38.1 Å². The second-order valence-electron chi connectivity index (χ2n) is 6.87. The van der Waals surface area contributed by atoms with Gasteiger partial charge in [0.25, 0.3) is 0 Å². The summed E-state index contributed by atoms with van der Waals surface area (Å²) in [5.41, 5.74) is 1.73. The summed E-state index contributed by atoms with van der Waals surface area (Å²) in [4.78, 5) is 7.39. The summed E-state index contributed by atoms with van der Waals surface area (Å²) >= 11 is 0. The lowest BCUT2D eigenvalue weighted by molar-refractivity contribution is 0.157. The van der Waals surface area contributed by atoms with Crippen LogP contribution in [0.4, 0.5) is 0 Å². The second kappa shape index (κ2) is 7.35. The third kappa shape index (κ3) is 3.86. The molecule has 1 heterocycles. The summed E-state index contributed by atoms with van der Waals surface area (Å²) < 4.78 is 5.31. The van der Waals surface area contributed by atoms with E-state index in [4.69, 9.17) is 9.73 Å². The van der Waals surface area contributed by atoms with Crippen molar-refractivity contribution >= 4 is 5.96 Å². The van der Waals surface area contributed by atoms with E-state index in [1.807, 2.05) is 0 Å². The van der Waals surface area contributed by atoms with Crippen LogP contribution in [0.5, 0.6) is 0 Å². The van der Waals surface area contributed by atoms with Crippen LogP contribution in [0.15, 0.2) is 35.3 Å². The monoisotopic (exact) mass is 315 g/mol. The minimum atomic E-state index is 0.285. The highest BCUT2D eigenvalue weighted by atomic mass is 16.5. The van der Waals surface area contributed by atoms with Crippen LogP contribution in [0.1, 0.15) is 31.7 Å². The number of guanidine groups is 1. The highest BCUT2D eigenvalue weighted by Crippen LogP contribution is 2.48. The molecule has 1 saturated carbocycles. The standard InChI is InChI=1S/C19H29N3O/c1-3-20-18(22-12-9-16(13-22)14-23-2)21-15-19(10-11-19)17-7-5-4-6-8-17/h4-8,16H,3,9-15H2,1-2H3,(H,20,21). The summed E-state index contributed by atoms with van der Waals surface area (Å²) in [6, 6.07) is 10.9. The number of ether oxygens (including phenoxy) is 1. The molecule has 0 aromatic heterocycles. The van der Waals surface area contributed by atoms with Gasteiger partial charge in [-0.15, -0.1) is 0 Å². The first-order valence-corrected chi connectivity index (χ1v) is 8.85. The van der Waals surface area contributed by atoms with E-state index in [0.717, 1.165) is 38.7 Å². The fourth-order valence-corrected chi connectivity index (χ4v) is 3.53. The number of hydrogen-bond donors (Lipinski definition) is 1. The maximum absolute atomic E-state index is 5.31. The fraction of sp³-hybridized carbons (Fsp3) is 0.632. The van der Waals surface area contributed by atoms with Crippen LogP contribution in [0.2, 0.25) is 0 Å². The largest absolute Gasteiger partial charge is 0.384 e. The molecular formula is C19H29N3O. The number of methoxy groups -OCH3 is 1. The molecule has 0 spiro atoms. The van der Waals surface area contributed by atoms with Crippen molar-refractivity contribution in [2.45, 2.75) is 31.6 Å². The van der Waals surface area contributed by atoms with Crippen LogP contribution in [0.25, 0.3) is 0 Å². The van der Waals surface area contributed by atoms with Crippen LogP contribution >= 0.6 is 0 Å². The lowest BCUT2D eigenvalue weighted by atomic mass is 9.96. The maximum Gasteiger partial charge on any atom is 0.193 e. The Labute approximate surface area is 139 Å². The Kier molecular flexibility index (Phi) is 5.21. The van der Waals surface area contributed by atoms with E-state index in [2.05, 4.69) is 47.5 Å². The van der Waals surface area contributed by atoms with Gasteiger partial charge in [0.15, 0.2) is 5.96 Å². The molecule has 1 saturated heterocycles. The van der Waals surface area contributed by atoms with E-state index < -0.39 is 0 Å². The van der Waals surface area contributed by atoms with Crippen molar-refractivity contribution in [2.24, 2.45) is 10.9 Å². The average molecular weight is 315 g/mol. The predicted octanol–water partition coefficient (Wildman–Crippen LogP) is 2.65. The molecule has 4 nitrogen and oxygen atoms in total. The molecule has 2 fully saturated rings. The summed E-state index contributed by atoms with van der Waals surface area (Å²) in [6.45, 7) is 6.94. The molecule has 0 radical (unpaired) electrons. The first kappa shape index (κ1) is 16.3. The SMILES string of the molecule is CCNC(=NCC1(c2ccccc2)CC1)N1CCC(COC)C1. The van der Waals surface area contributed by atoms with E-state index in [1.54, 1.807) is 7.11 Å². The van der Waals surface area contributed by atoms with Gasteiger partial charge in [0.1, 0.15) is 0 Å². The van der Waals surface area contributed by atoms with Crippen molar-refractivity contribution in [1.82, 2.24) is 10.2 Å². The van der Waals surface area contributed by atoms with Crippen molar-refractivity contribution in [3.8, 4) is 0 Å². The van der Waals surface area contributed by atoms with Crippen LogP contribution in [-0.2, 0) is 10.2 Å². The molecule has 126 valence electrons. The molecule has 1 aliphatic carbocycles. The van der Waals surface area contributed by atoms with Crippen molar-refractivity contribution in [2.75, 3.05) is 39.9 Å². The zero-order valence-electron chi connectivity index (χ0n) is 14.4. The zero-order chi connectivity index (χ0) is 16.1. The summed E-state index contributed by atoms with van der Waals surface area (Å²) in [5.74, 6) is 1.71. The molecule has 1 atom stereocenters. The number of nitrogens with zero attached hydrogens (tertiary/aromatic N) is 2. The van der Waals surface area contributed by atoms with Crippen molar-refractivity contribution < 1.29 is 4.74 Å². The van der Waals surface area contributed by atoms with Gasteiger partial charge in [-0.3, -0.25) is 4.99 Å². The Balaban J connectivity index is 1.66. The third-order valence-corrected chi connectivity index (χ3v) is 5.09. The number of likely N-dealkylation sites (tertiary alicyclic amines) is 1. The Hall–Kier alpha value is -1.55. The maximum atomic E-state index is 5.31. The third-order valence-electron chi connectivity index (χ3n) is 5.09. The molecule has 4 heteroatoms. The molecule has 1 N–H and O–H groups in total. The topological polar surface area (TPSA) is 36.9 Å². The Morgan fingerprint density at radius 3 is 2.78 bits per heavy atom. The number of aliphatic imine (C=N–C) groups is 1. The Morgan fingerprint density at radius 2 is 2.13 bits per heavy atom. The number of benzene rings is 1. The summed E-state index contributed by atoms with van der Waals surface area (Å²) in [5, 5.41) is 3.47. The van der Waals surface area contributed by atoms with Crippen LogP contribution in [0.3, 0.4) is 0 Å². The molecule has 1 aromatic carbocycles. The molecule has 1 aliphatic heterocycles. The normalized spacial score (nSPS) is 23.1. The van der Waals surface area contributed by atoms with Crippen molar-refractivity contribution in [3.05, 3.63) is 35.9 Å². The van der Waals surface area contributed by atoms with Crippen molar-refractivity contribution in [1.29, 1.82) is 0 Å². The van der Waals surface area contributed by atoms with Gasteiger partial charge in [0.2, 0.25) is 0 Å². The molecule has 1 aromatic rings. The first-order valence-electron chi connectivity index (χ1n) is 8.85. The summed E-state index contributed by atoms with van der Waals surface area (Å²) in [6.07, 6.45) is 3.71. The molecule has 2 aliphatic rings. The highest BCUT2D eigenvalue weighted by molar-refractivity contribution is 5.80. The van der Waals surface area contributed by atoms with Crippen LogP contribution in [0, 0.1) is 5.92 Å². The second-order valence-corrected chi connectivity index (χ2v) is 6.87. The van der Waals surface area contributed by atoms with Gasteiger partial charge in [-0.25, -0.2) is 0 Å². The van der Waals surface area contributed by atoms with Gasteiger partial charge in [0.05, 0.1) is 13.2 Å². The molecule has 3 rings (SSSR count). The predicted molar refractivity (Wildman–Crippen MR) is 94.9 cm³/mol. The van der Waals surface area contributed by atoms with Crippen LogP contribution < -0.4 is 5.32 Å². The van der Waals surface area contributed by atoms with Gasteiger partial charge < -0.3 is 15.0 Å². The number of rotatable bonds is 6. The Morgan fingerprint density at radius 1 is 1.35 bits per heavy atom. The molecular weight excluding hydrogens is 286 g/mol. The van der Waals surface area contributed by atoms with Crippen molar-refractivity contribution in [3.63, 3.8) is 0 Å². The van der Waals surface area contributed by atoms with Crippen LogP contribution in [-0.4, -0.2) is 50.8 Å². The fourth-order valence-electron chi connectivity index (χ4n) is 3.53. The van der Waals surface area contributed by atoms with E-state index >= 15 is 0 Å². The van der Waals surface area contributed by atoms with E-state index in [0.29, 0.717) is 5.92 Å². The minimum absolute atomic E-state index is 0.285. The van der Waals surface area contributed by atoms with Gasteiger partial charge >= 0.3 is 0 Å². The molecule has 0 amide bonds.